The molecule has 1 aromatic heterocycles. The van der Waals surface area contributed by atoms with E-state index in [0.717, 1.165) is 63.3 Å². The highest BCUT2D eigenvalue weighted by molar-refractivity contribution is 5.83. The van der Waals surface area contributed by atoms with Crippen molar-refractivity contribution in [2.45, 2.75) is 26.7 Å². The van der Waals surface area contributed by atoms with Crippen LogP contribution >= 0.6 is 0 Å². The number of hydrogen-bond acceptors (Lipinski definition) is 5. The van der Waals surface area contributed by atoms with Gasteiger partial charge in [-0.1, -0.05) is 24.3 Å². The van der Waals surface area contributed by atoms with Gasteiger partial charge in [0.05, 0.1) is 29.8 Å². The minimum absolute atomic E-state index is 0.566. The van der Waals surface area contributed by atoms with Crippen molar-refractivity contribution in [1.29, 1.82) is 5.26 Å². The van der Waals surface area contributed by atoms with E-state index in [2.05, 4.69) is 70.0 Å². The van der Waals surface area contributed by atoms with Crippen molar-refractivity contribution in [3.63, 3.8) is 0 Å². The number of fused-ring (bicyclic) bond motifs is 1. The maximum atomic E-state index is 10.0. The first-order chi connectivity index (χ1) is 17.7. The summed E-state index contributed by atoms with van der Waals surface area (Å²) in [6, 6.07) is 19.1. The van der Waals surface area contributed by atoms with Crippen LogP contribution in [0.2, 0.25) is 0 Å². The predicted octanol–water partition coefficient (Wildman–Crippen LogP) is 5.78. The largest absolute Gasteiger partial charge is 0.378 e. The zero-order chi connectivity index (χ0) is 24.9. The lowest BCUT2D eigenvalue weighted by atomic mass is 10.1. The van der Waals surface area contributed by atoms with Gasteiger partial charge in [0, 0.05) is 37.6 Å². The Labute approximate surface area is 213 Å². The molecule has 2 aromatic carbocycles. The molecule has 0 bridgehead atoms. The van der Waals surface area contributed by atoms with Crippen LogP contribution in [0.25, 0.3) is 22.7 Å². The molecule has 2 heterocycles. The molecule has 1 fully saturated rings. The van der Waals surface area contributed by atoms with E-state index in [1.165, 1.54) is 28.1 Å². The summed E-state index contributed by atoms with van der Waals surface area (Å²) in [5, 5.41) is 10.0. The second-order valence-electron chi connectivity index (χ2n) is 9.18. The van der Waals surface area contributed by atoms with E-state index in [1.54, 1.807) is 0 Å². The number of hydrogen-bond donors (Lipinski definition) is 1. The van der Waals surface area contributed by atoms with Gasteiger partial charge in [0.1, 0.15) is 11.9 Å². The van der Waals surface area contributed by atoms with Gasteiger partial charge >= 0.3 is 0 Å². The molecule has 3 aromatic rings. The van der Waals surface area contributed by atoms with Gasteiger partial charge in [-0.15, -0.1) is 0 Å². The van der Waals surface area contributed by atoms with Crippen molar-refractivity contribution in [3.8, 4) is 6.07 Å². The number of anilines is 1. The van der Waals surface area contributed by atoms with E-state index in [9.17, 15) is 5.26 Å². The monoisotopic (exact) mass is 479 g/mol. The Hall–Kier alpha value is -3.82. The van der Waals surface area contributed by atoms with Gasteiger partial charge in [-0.05, 0) is 79.8 Å². The zero-order valence-corrected chi connectivity index (χ0v) is 21.1. The Kier molecular flexibility index (Phi) is 7.20. The van der Waals surface area contributed by atoms with Crippen molar-refractivity contribution in [1.82, 2.24) is 14.9 Å². The molecule has 0 atom stereocenters. The van der Waals surface area contributed by atoms with Crippen LogP contribution in [0.3, 0.4) is 0 Å². The number of morpholine rings is 1. The summed E-state index contributed by atoms with van der Waals surface area (Å²) in [5.74, 6) is 0.622. The molecule has 1 aliphatic carbocycles. The maximum absolute atomic E-state index is 10.0. The third kappa shape index (κ3) is 4.93. The molecular formula is C30H33N5O. The van der Waals surface area contributed by atoms with Crippen LogP contribution in [0.4, 0.5) is 5.69 Å². The summed E-state index contributed by atoms with van der Waals surface area (Å²) in [4.78, 5) is 12.8. The minimum Gasteiger partial charge on any atom is -0.378 e. The number of H-pyrrole nitrogens is 1. The number of ether oxygens (including phenoxy) is 1. The van der Waals surface area contributed by atoms with E-state index in [4.69, 9.17) is 4.74 Å². The summed E-state index contributed by atoms with van der Waals surface area (Å²) in [6.45, 7) is 9.54. The Morgan fingerprint density at radius 3 is 2.53 bits per heavy atom. The number of nitrogens with zero attached hydrogens (tertiary/aromatic N) is 4. The van der Waals surface area contributed by atoms with Crippen LogP contribution in [0.15, 0.2) is 71.5 Å². The first-order valence-corrected chi connectivity index (χ1v) is 12.9. The molecule has 0 spiro atoms. The zero-order valence-electron chi connectivity index (χ0n) is 21.1. The van der Waals surface area contributed by atoms with Crippen LogP contribution < -0.4 is 4.90 Å². The molecule has 184 valence electrons. The molecule has 2 aliphatic rings. The minimum atomic E-state index is 0.566. The number of aromatic nitrogens is 2. The smallest absolute Gasteiger partial charge is 0.149 e. The van der Waals surface area contributed by atoms with Gasteiger partial charge in [0.25, 0.3) is 0 Å². The number of allylic oxidation sites excluding steroid dienone is 4. The van der Waals surface area contributed by atoms with Gasteiger partial charge in [-0.25, -0.2) is 4.98 Å². The van der Waals surface area contributed by atoms with E-state index in [-0.39, 0.29) is 0 Å². The first-order valence-electron chi connectivity index (χ1n) is 12.9. The van der Waals surface area contributed by atoms with Crippen LogP contribution in [0.5, 0.6) is 0 Å². The molecule has 1 saturated heterocycles. The average molecular weight is 480 g/mol. The molecule has 0 radical (unpaired) electrons. The summed E-state index contributed by atoms with van der Waals surface area (Å²) < 4.78 is 5.64. The van der Waals surface area contributed by atoms with Gasteiger partial charge < -0.3 is 19.5 Å². The topological polar surface area (TPSA) is 68.2 Å². The van der Waals surface area contributed by atoms with Gasteiger partial charge in [0.2, 0.25) is 0 Å². The van der Waals surface area contributed by atoms with Crippen LogP contribution in [0, 0.1) is 11.3 Å². The van der Waals surface area contributed by atoms with Crippen molar-refractivity contribution in [3.05, 3.63) is 82.8 Å². The maximum Gasteiger partial charge on any atom is 0.149 e. The molecule has 1 aliphatic heterocycles. The summed E-state index contributed by atoms with van der Waals surface area (Å²) >= 11 is 0. The second-order valence-corrected chi connectivity index (χ2v) is 9.18. The fourth-order valence-corrected chi connectivity index (χ4v) is 5.17. The van der Waals surface area contributed by atoms with Crippen molar-refractivity contribution >= 4 is 28.4 Å². The first kappa shape index (κ1) is 23.9. The number of imidazole rings is 1. The summed E-state index contributed by atoms with van der Waals surface area (Å²) in [7, 11) is 0. The number of aromatic amines is 1. The lowest BCUT2D eigenvalue weighted by Crippen LogP contribution is -2.36. The molecule has 0 saturated carbocycles. The van der Waals surface area contributed by atoms with Gasteiger partial charge in [-0.3, -0.25) is 0 Å². The molecule has 0 amide bonds. The standard InChI is InChI=1S/C30H33N5O/c1-3-34(4-2)26-13-9-22(10-14-26)19-23-11-12-24(29(23)35-15-17-36-18-16-35)20-25(21-31)30-32-27-7-5-6-8-28(27)33-30/h5-10,13-14,19-20H,3-4,11-12,15-18H2,1-2H3,(H,32,33)/b23-19+,25-20+. The SMILES string of the molecule is CCN(CC)c1ccc(/C=C2\CCC(/C=C(\C#N)c3nc4ccccc4[nH]3)=C2N2CCOCC2)cc1. The molecule has 6 nitrogen and oxygen atoms in total. The molecule has 36 heavy (non-hydrogen) atoms. The van der Waals surface area contributed by atoms with E-state index < -0.39 is 0 Å². The van der Waals surface area contributed by atoms with E-state index in [1.807, 2.05) is 30.3 Å². The normalized spacial score (nSPS) is 17.8. The second kappa shape index (κ2) is 10.8. The van der Waals surface area contributed by atoms with Gasteiger partial charge in [0.15, 0.2) is 0 Å². The van der Waals surface area contributed by atoms with Crippen molar-refractivity contribution in [2.24, 2.45) is 0 Å². The number of nitrogens with one attached hydrogen (secondary N) is 1. The molecule has 6 heteroatoms. The quantitative estimate of drug-likeness (QED) is 0.435. The molecule has 1 N–H and O–H groups in total. The summed E-state index contributed by atoms with van der Waals surface area (Å²) in [6.07, 6.45) is 6.20. The number of rotatable bonds is 7. The highest BCUT2D eigenvalue weighted by atomic mass is 16.5. The number of benzene rings is 2. The Morgan fingerprint density at radius 2 is 1.83 bits per heavy atom. The average Bonchev–Trinajstić information content (AvgIpc) is 3.53. The Morgan fingerprint density at radius 1 is 1.08 bits per heavy atom. The fraction of sp³-hybridized carbons (Fsp3) is 0.333. The van der Waals surface area contributed by atoms with Gasteiger partial charge in [-0.2, -0.15) is 5.26 Å². The van der Waals surface area contributed by atoms with E-state index >= 15 is 0 Å². The number of nitriles is 1. The molecular weight excluding hydrogens is 446 g/mol. The molecule has 5 rings (SSSR count). The third-order valence-electron chi connectivity index (χ3n) is 7.05. The van der Waals surface area contributed by atoms with E-state index in [0.29, 0.717) is 11.4 Å². The number of para-hydroxylation sites is 2. The van der Waals surface area contributed by atoms with Crippen molar-refractivity contribution in [2.75, 3.05) is 44.3 Å². The fourth-order valence-electron chi connectivity index (χ4n) is 5.17. The van der Waals surface area contributed by atoms with Crippen molar-refractivity contribution < 1.29 is 4.74 Å². The molecule has 0 unspecified atom stereocenters. The Balaban J connectivity index is 1.52. The highest BCUT2D eigenvalue weighted by Gasteiger charge is 2.26. The lowest BCUT2D eigenvalue weighted by molar-refractivity contribution is 0.0547. The highest BCUT2D eigenvalue weighted by Crippen LogP contribution is 2.37. The van der Waals surface area contributed by atoms with Crippen LogP contribution in [-0.4, -0.2) is 54.3 Å². The van der Waals surface area contributed by atoms with Crippen LogP contribution in [-0.2, 0) is 4.74 Å². The summed E-state index contributed by atoms with van der Waals surface area (Å²) in [5.41, 5.74) is 8.60. The Bertz CT molecular complexity index is 1310. The third-order valence-corrected chi connectivity index (χ3v) is 7.05. The predicted molar refractivity (Wildman–Crippen MR) is 146 cm³/mol. The van der Waals surface area contributed by atoms with Crippen LogP contribution in [0.1, 0.15) is 38.1 Å². The lowest BCUT2D eigenvalue weighted by Gasteiger charge is -2.31.